The number of allylic oxidation sites excluding steroid dienone is 1. The average molecular weight is 485 g/mol. The summed E-state index contributed by atoms with van der Waals surface area (Å²) in [6.07, 6.45) is 2.00. The molecule has 9 nitrogen and oxygen atoms in total. The van der Waals surface area contributed by atoms with Gasteiger partial charge in [-0.25, -0.2) is 0 Å². The van der Waals surface area contributed by atoms with Gasteiger partial charge in [-0.15, -0.1) is 16.8 Å². The van der Waals surface area contributed by atoms with Gasteiger partial charge in [0.15, 0.2) is 5.16 Å². The first-order chi connectivity index (χ1) is 16.2. The molecule has 1 aromatic carbocycles. The van der Waals surface area contributed by atoms with E-state index in [1.165, 1.54) is 11.8 Å². The molecule has 3 aromatic rings. The van der Waals surface area contributed by atoms with Gasteiger partial charge in [-0.3, -0.25) is 23.5 Å². The van der Waals surface area contributed by atoms with Gasteiger partial charge in [0.2, 0.25) is 11.7 Å². The fourth-order valence-electron chi connectivity index (χ4n) is 4.40. The number of hydrogen-bond acceptors (Lipinski definition) is 7. The third kappa shape index (κ3) is 4.89. The quantitative estimate of drug-likeness (QED) is 0.387. The number of hydrogen-bond donors (Lipinski definition) is 1. The largest absolute Gasteiger partial charge is 0.373 e. The van der Waals surface area contributed by atoms with Gasteiger partial charge in [0.05, 0.1) is 28.9 Å². The molecule has 2 aromatic heterocycles. The maximum Gasteiger partial charge on any atom is 0.263 e. The number of fused-ring (bicyclic) bond motifs is 3. The van der Waals surface area contributed by atoms with E-state index in [4.69, 9.17) is 4.74 Å². The number of morpholine rings is 1. The Balaban J connectivity index is 1.48. The third-order valence-corrected chi connectivity index (χ3v) is 7.05. The number of benzene rings is 1. The SMILES string of the molecule is C=CCn1c(=O)c2ccccc2n2c(SCC(=O)NCC(C)(C)N3C[C@@H](C)O[C@H](C)C3)nnc12. The molecule has 0 unspecified atom stereocenters. The van der Waals surface area contributed by atoms with E-state index in [0.717, 1.165) is 13.1 Å². The van der Waals surface area contributed by atoms with Crippen LogP contribution in [0.5, 0.6) is 0 Å². The topological polar surface area (TPSA) is 93.8 Å². The fourth-order valence-corrected chi connectivity index (χ4v) is 5.17. The van der Waals surface area contributed by atoms with Crippen molar-refractivity contribution in [3.05, 3.63) is 47.3 Å². The van der Waals surface area contributed by atoms with E-state index in [1.807, 2.05) is 22.6 Å². The van der Waals surface area contributed by atoms with E-state index in [9.17, 15) is 9.59 Å². The van der Waals surface area contributed by atoms with E-state index < -0.39 is 0 Å². The lowest BCUT2D eigenvalue weighted by atomic mass is 10.00. The molecule has 1 fully saturated rings. The van der Waals surface area contributed by atoms with Gasteiger partial charge in [-0.2, -0.15) is 0 Å². The van der Waals surface area contributed by atoms with Crippen LogP contribution in [0.15, 0.2) is 46.9 Å². The summed E-state index contributed by atoms with van der Waals surface area (Å²) in [5.74, 6) is 0.554. The zero-order valence-electron chi connectivity index (χ0n) is 20.2. The van der Waals surface area contributed by atoms with E-state index in [2.05, 4.69) is 54.7 Å². The summed E-state index contributed by atoms with van der Waals surface area (Å²) in [7, 11) is 0. The normalized spacial score (nSPS) is 19.5. The Morgan fingerprint density at radius 2 is 1.97 bits per heavy atom. The van der Waals surface area contributed by atoms with Crippen LogP contribution in [0.3, 0.4) is 0 Å². The van der Waals surface area contributed by atoms with Crippen LogP contribution in [0, 0.1) is 0 Å². The number of nitrogens with zero attached hydrogens (tertiary/aromatic N) is 5. The standard InChI is InChI=1S/C24H32N6O3S/c1-6-11-29-21(32)18-9-7-8-10-19(18)30-22(29)26-27-23(30)34-14-20(31)25-15-24(4,5)28-12-16(2)33-17(3)13-28/h6-10,16-17H,1,11-15H2,2-5H3,(H,25,31)/t16-,17-/m1/s1. The van der Waals surface area contributed by atoms with Crippen molar-refractivity contribution in [2.45, 2.75) is 57.1 Å². The Kier molecular flexibility index (Phi) is 7.11. The predicted molar refractivity (Wildman–Crippen MR) is 134 cm³/mol. The second kappa shape index (κ2) is 9.89. The molecule has 182 valence electrons. The first-order valence-corrected chi connectivity index (χ1v) is 12.5. The molecule has 1 amide bonds. The Labute approximate surface area is 203 Å². The summed E-state index contributed by atoms with van der Waals surface area (Å²) in [5.41, 5.74) is 0.386. The van der Waals surface area contributed by atoms with Crippen LogP contribution < -0.4 is 10.9 Å². The van der Waals surface area contributed by atoms with Crippen molar-refractivity contribution in [1.82, 2.24) is 29.4 Å². The second-order valence-electron chi connectivity index (χ2n) is 9.38. The van der Waals surface area contributed by atoms with Crippen LogP contribution in [0.4, 0.5) is 0 Å². The van der Waals surface area contributed by atoms with E-state index in [1.54, 1.807) is 16.7 Å². The summed E-state index contributed by atoms with van der Waals surface area (Å²) in [6.45, 7) is 14.7. The van der Waals surface area contributed by atoms with Gasteiger partial charge in [0, 0.05) is 31.7 Å². The molecule has 34 heavy (non-hydrogen) atoms. The number of amides is 1. The lowest BCUT2D eigenvalue weighted by Gasteiger charge is -2.45. The van der Waals surface area contributed by atoms with Gasteiger partial charge in [-0.05, 0) is 39.8 Å². The highest BCUT2D eigenvalue weighted by Crippen LogP contribution is 2.23. The Hall–Kier alpha value is -2.69. The summed E-state index contributed by atoms with van der Waals surface area (Å²) >= 11 is 1.30. The summed E-state index contributed by atoms with van der Waals surface area (Å²) in [6, 6.07) is 7.35. The molecule has 3 heterocycles. The first kappa shape index (κ1) is 24.4. The van der Waals surface area contributed by atoms with Gasteiger partial charge >= 0.3 is 0 Å². The van der Waals surface area contributed by atoms with Crippen LogP contribution in [0.25, 0.3) is 16.7 Å². The van der Waals surface area contributed by atoms with Gasteiger partial charge in [0.25, 0.3) is 5.56 Å². The summed E-state index contributed by atoms with van der Waals surface area (Å²) in [5, 5.41) is 12.7. The fraction of sp³-hybridized carbons (Fsp3) is 0.500. The van der Waals surface area contributed by atoms with Crippen molar-refractivity contribution in [2.24, 2.45) is 0 Å². The molecule has 0 bridgehead atoms. The Bertz CT molecular complexity index is 1260. The van der Waals surface area contributed by atoms with Crippen molar-refractivity contribution >= 4 is 34.3 Å². The first-order valence-electron chi connectivity index (χ1n) is 11.5. The number of rotatable bonds is 8. The van der Waals surface area contributed by atoms with Crippen molar-refractivity contribution < 1.29 is 9.53 Å². The number of carbonyl (C=O) groups excluding carboxylic acids is 1. The second-order valence-corrected chi connectivity index (χ2v) is 10.3. The molecule has 2 atom stereocenters. The van der Waals surface area contributed by atoms with Crippen molar-refractivity contribution in [3.63, 3.8) is 0 Å². The lowest BCUT2D eigenvalue weighted by molar-refractivity contribution is -0.120. The number of nitrogens with one attached hydrogen (secondary N) is 1. The van der Waals surface area contributed by atoms with Gasteiger partial charge in [0.1, 0.15) is 0 Å². The minimum atomic E-state index is -0.189. The highest BCUT2D eigenvalue weighted by Gasteiger charge is 2.33. The van der Waals surface area contributed by atoms with Crippen LogP contribution in [-0.2, 0) is 16.1 Å². The monoisotopic (exact) mass is 484 g/mol. The van der Waals surface area contributed by atoms with Crippen molar-refractivity contribution in [3.8, 4) is 0 Å². The number of ether oxygens (including phenoxy) is 1. The van der Waals surface area contributed by atoms with E-state index in [0.29, 0.717) is 34.9 Å². The smallest absolute Gasteiger partial charge is 0.263 e. The highest BCUT2D eigenvalue weighted by molar-refractivity contribution is 7.99. The molecule has 1 aliphatic heterocycles. The number of thioether (sulfide) groups is 1. The molecule has 4 rings (SSSR count). The molecular weight excluding hydrogens is 452 g/mol. The maximum atomic E-state index is 12.9. The molecule has 0 radical (unpaired) electrons. The molecule has 1 N–H and O–H groups in total. The zero-order valence-corrected chi connectivity index (χ0v) is 21.0. The van der Waals surface area contributed by atoms with Crippen LogP contribution in [-0.4, -0.2) is 73.1 Å². The molecule has 1 aliphatic rings. The Morgan fingerprint density at radius 3 is 2.68 bits per heavy atom. The molecule has 10 heteroatoms. The predicted octanol–water partition coefficient (Wildman–Crippen LogP) is 2.33. The van der Waals surface area contributed by atoms with Crippen molar-refractivity contribution in [1.29, 1.82) is 0 Å². The summed E-state index contributed by atoms with van der Waals surface area (Å²) < 4.78 is 9.21. The summed E-state index contributed by atoms with van der Waals surface area (Å²) in [4.78, 5) is 28.0. The van der Waals surface area contributed by atoms with Crippen LogP contribution in [0.2, 0.25) is 0 Å². The zero-order chi connectivity index (χ0) is 24.5. The van der Waals surface area contributed by atoms with Gasteiger partial charge in [-0.1, -0.05) is 30.0 Å². The van der Waals surface area contributed by atoms with E-state index >= 15 is 0 Å². The third-order valence-electron chi connectivity index (χ3n) is 6.12. The molecule has 1 saturated heterocycles. The minimum absolute atomic E-state index is 0.0760. The van der Waals surface area contributed by atoms with E-state index in [-0.39, 0.29) is 35.0 Å². The molecule has 0 saturated carbocycles. The maximum absolute atomic E-state index is 12.9. The van der Waals surface area contributed by atoms with Crippen LogP contribution in [0.1, 0.15) is 27.7 Å². The minimum Gasteiger partial charge on any atom is -0.373 e. The number of aromatic nitrogens is 4. The molecular formula is C24H32N6O3S. The number of para-hydroxylation sites is 1. The van der Waals surface area contributed by atoms with Gasteiger partial charge < -0.3 is 10.1 Å². The molecule has 0 aliphatic carbocycles. The highest BCUT2D eigenvalue weighted by atomic mass is 32.2. The number of carbonyl (C=O) groups is 1. The van der Waals surface area contributed by atoms with Crippen LogP contribution >= 0.6 is 11.8 Å². The lowest BCUT2D eigenvalue weighted by Crippen LogP contribution is -2.58. The molecule has 0 spiro atoms. The Morgan fingerprint density at radius 1 is 1.26 bits per heavy atom. The van der Waals surface area contributed by atoms with Crippen molar-refractivity contribution in [2.75, 3.05) is 25.4 Å². The average Bonchev–Trinajstić information content (AvgIpc) is 3.22.